The highest BCUT2D eigenvalue weighted by Gasteiger charge is 2.52. The molecule has 0 unspecified atom stereocenters. The maximum atomic E-state index is 6.02. The molecule has 0 amide bonds. The molecule has 21 heavy (non-hydrogen) atoms. The van der Waals surface area contributed by atoms with Gasteiger partial charge in [-0.25, -0.2) is 4.98 Å². The summed E-state index contributed by atoms with van der Waals surface area (Å²) < 4.78 is 17.4. The Morgan fingerprint density at radius 3 is 2.29 bits per heavy atom. The van der Waals surface area contributed by atoms with Gasteiger partial charge in [0.2, 0.25) is 0 Å². The van der Waals surface area contributed by atoms with Crippen molar-refractivity contribution in [1.82, 2.24) is 9.97 Å². The molecule has 2 fully saturated rings. The van der Waals surface area contributed by atoms with Crippen LogP contribution in [0.4, 0.5) is 5.82 Å². The van der Waals surface area contributed by atoms with Crippen molar-refractivity contribution in [1.29, 1.82) is 0 Å². The van der Waals surface area contributed by atoms with Gasteiger partial charge in [-0.2, -0.15) is 0 Å². The molecule has 2 aliphatic heterocycles. The number of aromatic nitrogens is 2. The molecule has 1 aromatic rings. The Hall–Kier alpha value is -1.18. The van der Waals surface area contributed by atoms with Crippen LogP contribution < -0.4 is 10.5 Å². The van der Waals surface area contributed by atoms with E-state index in [0.717, 1.165) is 37.7 Å². The molecule has 0 N–H and O–H groups in total. The molecule has 0 radical (unpaired) electrons. The quantitative estimate of drug-likeness (QED) is 0.744. The van der Waals surface area contributed by atoms with E-state index in [2.05, 4.69) is 14.9 Å². The molecular weight excluding hydrogens is 269 g/mol. The molecular formula is C14H22BN3O3. The minimum atomic E-state index is -0.469. The van der Waals surface area contributed by atoms with Crippen molar-refractivity contribution in [3.63, 3.8) is 0 Å². The average Bonchev–Trinajstić information content (AvgIpc) is 2.69. The summed E-state index contributed by atoms with van der Waals surface area (Å²) in [4.78, 5) is 11.1. The summed E-state index contributed by atoms with van der Waals surface area (Å²) in [6.45, 7) is 11.3. The van der Waals surface area contributed by atoms with Crippen molar-refractivity contribution >= 4 is 18.5 Å². The summed E-state index contributed by atoms with van der Waals surface area (Å²) in [5.41, 5.74) is -0.0135. The zero-order chi connectivity index (χ0) is 15.1. The molecule has 114 valence electrons. The Kier molecular flexibility index (Phi) is 3.67. The first-order valence-corrected chi connectivity index (χ1v) is 7.39. The molecule has 2 saturated heterocycles. The van der Waals surface area contributed by atoms with Gasteiger partial charge in [0.15, 0.2) is 0 Å². The summed E-state index contributed by atoms with van der Waals surface area (Å²) in [6.07, 6.45) is 3.49. The molecule has 0 spiro atoms. The maximum absolute atomic E-state index is 6.02. The standard InChI is InChI=1S/C14H22BN3O3/c1-13(2)14(3,4)21-15(20-13)11-9-16-10-12(17-11)18-5-7-19-8-6-18/h9-10H,5-8H2,1-4H3. The third-order valence-electron chi connectivity index (χ3n) is 4.47. The molecule has 6 nitrogen and oxygen atoms in total. The van der Waals surface area contributed by atoms with Gasteiger partial charge in [0.25, 0.3) is 0 Å². The SMILES string of the molecule is CC1(C)OB(c2cncc(N3CCOCC3)n2)OC1(C)C. The summed E-state index contributed by atoms with van der Waals surface area (Å²) in [7, 11) is -0.469. The lowest BCUT2D eigenvalue weighted by Gasteiger charge is -2.32. The molecule has 2 aliphatic rings. The summed E-state index contributed by atoms with van der Waals surface area (Å²) in [5, 5.41) is 0. The number of nitrogens with zero attached hydrogens (tertiary/aromatic N) is 3. The van der Waals surface area contributed by atoms with E-state index >= 15 is 0 Å². The number of rotatable bonds is 2. The minimum absolute atomic E-state index is 0.367. The van der Waals surface area contributed by atoms with Gasteiger partial charge in [0.1, 0.15) is 5.82 Å². The van der Waals surface area contributed by atoms with Gasteiger partial charge >= 0.3 is 7.12 Å². The largest absolute Gasteiger partial charge is 0.516 e. The molecule has 7 heteroatoms. The van der Waals surface area contributed by atoms with Crippen molar-refractivity contribution < 1.29 is 14.0 Å². The van der Waals surface area contributed by atoms with Crippen molar-refractivity contribution in [2.24, 2.45) is 0 Å². The lowest BCUT2D eigenvalue weighted by atomic mass is 9.85. The Morgan fingerprint density at radius 2 is 1.67 bits per heavy atom. The molecule has 1 aromatic heterocycles. The third-order valence-corrected chi connectivity index (χ3v) is 4.47. The lowest BCUT2D eigenvalue weighted by Crippen LogP contribution is -2.41. The Labute approximate surface area is 126 Å². The van der Waals surface area contributed by atoms with E-state index in [-0.39, 0.29) is 11.2 Å². The smallest absolute Gasteiger partial charge is 0.398 e. The van der Waals surface area contributed by atoms with Crippen molar-refractivity contribution in [3.05, 3.63) is 12.4 Å². The van der Waals surface area contributed by atoms with Crippen LogP contribution in [0, 0.1) is 0 Å². The van der Waals surface area contributed by atoms with Crippen molar-refractivity contribution in [3.8, 4) is 0 Å². The summed E-state index contributed by atoms with van der Waals surface area (Å²) >= 11 is 0. The fraction of sp³-hybridized carbons (Fsp3) is 0.714. The second-order valence-electron chi connectivity index (χ2n) is 6.49. The molecule has 0 aliphatic carbocycles. The maximum Gasteiger partial charge on any atom is 0.516 e. The van der Waals surface area contributed by atoms with Crippen molar-refractivity contribution in [2.75, 3.05) is 31.2 Å². The third kappa shape index (κ3) is 2.77. The van der Waals surface area contributed by atoms with Crippen LogP contribution in [0.5, 0.6) is 0 Å². The van der Waals surface area contributed by atoms with Crippen LogP contribution in [0.1, 0.15) is 27.7 Å². The molecule has 3 heterocycles. The Morgan fingerprint density at radius 1 is 1.05 bits per heavy atom. The molecule has 0 saturated carbocycles. The van der Waals surface area contributed by atoms with Gasteiger partial charge < -0.3 is 18.9 Å². The average molecular weight is 291 g/mol. The predicted octanol–water partition coefficient (Wildman–Crippen LogP) is 0.612. The van der Waals surface area contributed by atoms with Crippen LogP contribution in [0.3, 0.4) is 0 Å². The van der Waals surface area contributed by atoms with E-state index < -0.39 is 7.12 Å². The molecule has 3 rings (SSSR count). The first-order chi connectivity index (χ1) is 9.89. The number of morpholine rings is 1. The zero-order valence-electron chi connectivity index (χ0n) is 13.1. The molecule has 0 aromatic carbocycles. The topological polar surface area (TPSA) is 56.7 Å². The Bertz CT molecular complexity index is 502. The van der Waals surface area contributed by atoms with Gasteiger partial charge in [0.05, 0.1) is 36.2 Å². The highest BCUT2D eigenvalue weighted by molar-refractivity contribution is 6.61. The van der Waals surface area contributed by atoms with Crippen LogP contribution in [0.15, 0.2) is 12.4 Å². The monoisotopic (exact) mass is 291 g/mol. The van der Waals surface area contributed by atoms with Crippen molar-refractivity contribution in [2.45, 2.75) is 38.9 Å². The summed E-state index contributed by atoms with van der Waals surface area (Å²) in [5.74, 6) is 0.852. The highest BCUT2D eigenvalue weighted by atomic mass is 16.7. The van der Waals surface area contributed by atoms with Crippen LogP contribution in [-0.2, 0) is 14.0 Å². The number of ether oxygens (including phenoxy) is 1. The van der Waals surface area contributed by atoms with Gasteiger partial charge in [0, 0.05) is 19.3 Å². The van der Waals surface area contributed by atoms with E-state index in [9.17, 15) is 0 Å². The van der Waals surface area contributed by atoms with E-state index in [1.54, 1.807) is 12.4 Å². The Balaban J connectivity index is 1.81. The second kappa shape index (κ2) is 5.23. The van der Waals surface area contributed by atoms with Crippen LogP contribution >= 0.6 is 0 Å². The number of hydrogen-bond donors (Lipinski definition) is 0. The van der Waals surface area contributed by atoms with Gasteiger partial charge in [-0.3, -0.25) is 4.98 Å². The first kappa shape index (κ1) is 14.7. The van der Waals surface area contributed by atoms with Crippen LogP contribution in [0.2, 0.25) is 0 Å². The van der Waals surface area contributed by atoms with Gasteiger partial charge in [-0.05, 0) is 27.7 Å². The second-order valence-corrected chi connectivity index (χ2v) is 6.49. The highest BCUT2D eigenvalue weighted by Crippen LogP contribution is 2.36. The lowest BCUT2D eigenvalue weighted by molar-refractivity contribution is 0.00578. The molecule has 0 atom stereocenters. The fourth-order valence-electron chi connectivity index (χ4n) is 2.39. The first-order valence-electron chi connectivity index (χ1n) is 7.39. The van der Waals surface area contributed by atoms with Gasteiger partial charge in [-0.1, -0.05) is 0 Å². The fourth-order valence-corrected chi connectivity index (χ4v) is 2.39. The van der Waals surface area contributed by atoms with E-state index in [1.165, 1.54) is 0 Å². The van der Waals surface area contributed by atoms with Crippen LogP contribution in [-0.4, -0.2) is 54.6 Å². The zero-order valence-corrected chi connectivity index (χ0v) is 13.1. The van der Waals surface area contributed by atoms with E-state index in [0.29, 0.717) is 0 Å². The van der Waals surface area contributed by atoms with E-state index in [1.807, 2.05) is 27.7 Å². The number of anilines is 1. The molecule has 0 bridgehead atoms. The number of hydrogen-bond acceptors (Lipinski definition) is 6. The minimum Gasteiger partial charge on any atom is -0.398 e. The van der Waals surface area contributed by atoms with Gasteiger partial charge in [-0.15, -0.1) is 0 Å². The van der Waals surface area contributed by atoms with E-state index in [4.69, 9.17) is 14.0 Å². The normalized spacial score (nSPS) is 24.4. The predicted molar refractivity (Wildman–Crippen MR) is 80.8 cm³/mol. The van der Waals surface area contributed by atoms with Crippen LogP contribution in [0.25, 0.3) is 0 Å². The summed E-state index contributed by atoms with van der Waals surface area (Å²) in [6, 6.07) is 0.